The third-order valence-electron chi connectivity index (χ3n) is 4.64. The molecule has 9 nitrogen and oxygen atoms in total. The van der Waals surface area contributed by atoms with Gasteiger partial charge >= 0.3 is 0 Å². The SMILES string of the molecule is COc1ccc(-c2onc(N3CCCC3)c2C(=O)NCc2noc(C)n2)cc1. The molecule has 4 rings (SSSR count). The Hall–Kier alpha value is -3.36. The third-order valence-corrected chi connectivity index (χ3v) is 4.64. The average Bonchev–Trinajstić information content (AvgIpc) is 3.46. The molecule has 146 valence electrons. The van der Waals surface area contributed by atoms with Crippen molar-refractivity contribution in [2.24, 2.45) is 0 Å². The van der Waals surface area contributed by atoms with Gasteiger partial charge in [0.1, 0.15) is 11.3 Å². The van der Waals surface area contributed by atoms with Crippen molar-refractivity contribution in [3.8, 4) is 17.1 Å². The number of amides is 1. The van der Waals surface area contributed by atoms with E-state index in [9.17, 15) is 4.79 Å². The van der Waals surface area contributed by atoms with Gasteiger partial charge in [-0.25, -0.2) is 0 Å². The van der Waals surface area contributed by atoms with E-state index in [0.717, 1.165) is 37.2 Å². The van der Waals surface area contributed by atoms with Crippen molar-refractivity contribution in [1.82, 2.24) is 20.6 Å². The number of hydrogen-bond donors (Lipinski definition) is 1. The maximum absolute atomic E-state index is 13.0. The second-order valence-electron chi connectivity index (χ2n) is 6.55. The largest absolute Gasteiger partial charge is 0.497 e. The molecular weight excluding hydrogens is 362 g/mol. The highest BCUT2D eigenvalue weighted by Gasteiger charge is 2.29. The summed E-state index contributed by atoms with van der Waals surface area (Å²) in [5.41, 5.74) is 1.16. The van der Waals surface area contributed by atoms with Gasteiger partial charge in [-0.05, 0) is 37.1 Å². The van der Waals surface area contributed by atoms with Gasteiger partial charge in [-0.3, -0.25) is 4.79 Å². The third kappa shape index (κ3) is 3.55. The van der Waals surface area contributed by atoms with Crippen molar-refractivity contribution in [2.75, 3.05) is 25.1 Å². The number of hydrogen-bond acceptors (Lipinski definition) is 8. The number of methoxy groups -OCH3 is 1. The van der Waals surface area contributed by atoms with Crippen molar-refractivity contribution >= 4 is 11.7 Å². The maximum atomic E-state index is 13.0. The fourth-order valence-electron chi connectivity index (χ4n) is 3.23. The van der Waals surface area contributed by atoms with Gasteiger partial charge in [0.05, 0.1) is 13.7 Å². The molecule has 2 aromatic heterocycles. The zero-order valence-electron chi connectivity index (χ0n) is 15.8. The maximum Gasteiger partial charge on any atom is 0.259 e. The lowest BCUT2D eigenvalue weighted by molar-refractivity contribution is 0.0950. The molecule has 0 saturated carbocycles. The Bertz CT molecular complexity index is 957. The van der Waals surface area contributed by atoms with Crippen LogP contribution < -0.4 is 15.0 Å². The molecule has 0 bridgehead atoms. The number of carbonyl (C=O) groups excluding carboxylic acids is 1. The van der Waals surface area contributed by atoms with Gasteiger partial charge in [-0.1, -0.05) is 10.3 Å². The Morgan fingerprint density at radius 3 is 2.57 bits per heavy atom. The molecule has 1 aliphatic heterocycles. The lowest BCUT2D eigenvalue weighted by Gasteiger charge is -2.15. The summed E-state index contributed by atoms with van der Waals surface area (Å²) in [5, 5.41) is 10.8. The van der Waals surface area contributed by atoms with E-state index in [4.69, 9.17) is 13.8 Å². The molecular formula is C19H21N5O4. The van der Waals surface area contributed by atoms with Crippen LogP contribution in [0.2, 0.25) is 0 Å². The van der Waals surface area contributed by atoms with Crippen molar-refractivity contribution in [2.45, 2.75) is 26.3 Å². The van der Waals surface area contributed by atoms with Crippen LogP contribution in [0, 0.1) is 6.92 Å². The van der Waals surface area contributed by atoms with Gasteiger partial charge in [0.25, 0.3) is 5.91 Å². The summed E-state index contributed by atoms with van der Waals surface area (Å²) in [5.74, 6) is 2.27. The molecule has 0 unspecified atom stereocenters. The van der Waals surface area contributed by atoms with Gasteiger partial charge in [0, 0.05) is 25.6 Å². The average molecular weight is 383 g/mol. The molecule has 0 radical (unpaired) electrons. The van der Waals surface area contributed by atoms with Gasteiger partial charge < -0.3 is 24.0 Å². The molecule has 1 amide bonds. The van der Waals surface area contributed by atoms with Gasteiger partial charge in [0.2, 0.25) is 5.89 Å². The monoisotopic (exact) mass is 383 g/mol. The first-order valence-corrected chi connectivity index (χ1v) is 9.12. The van der Waals surface area contributed by atoms with Crippen LogP contribution in [0.5, 0.6) is 5.75 Å². The Morgan fingerprint density at radius 2 is 1.93 bits per heavy atom. The van der Waals surface area contributed by atoms with E-state index >= 15 is 0 Å². The summed E-state index contributed by atoms with van der Waals surface area (Å²) in [6, 6.07) is 7.31. The first-order valence-electron chi connectivity index (χ1n) is 9.12. The van der Waals surface area contributed by atoms with Gasteiger partial charge in [-0.2, -0.15) is 4.98 Å². The fourth-order valence-corrected chi connectivity index (χ4v) is 3.23. The van der Waals surface area contributed by atoms with Crippen LogP contribution >= 0.6 is 0 Å². The number of rotatable bonds is 6. The number of aromatic nitrogens is 3. The molecule has 28 heavy (non-hydrogen) atoms. The summed E-state index contributed by atoms with van der Waals surface area (Å²) < 4.78 is 15.7. The Labute approximate surface area is 161 Å². The van der Waals surface area contributed by atoms with Gasteiger partial charge in [0.15, 0.2) is 17.4 Å². The minimum absolute atomic E-state index is 0.156. The van der Waals surface area contributed by atoms with E-state index in [1.807, 2.05) is 24.3 Å². The predicted octanol–water partition coefficient (Wildman–Crippen LogP) is 2.57. The molecule has 3 heterocycles. The molecule has 1 fully saturated rings. The normalized spacial score (nSPS) is 13.7. The minimum atomic E-state index is -0.295. The smallest absolute Gasteiger partial charge is 0.259 e. The quantitative estimate of drug-likeness (QED) is 0.692. The summed E-state index contributed by atoms with van der Waals surface area (Å²) in [6.45, 7) is 3.55. The second kappa shape index (κ2) is 7.71. The standard InChI is InChI=1S/C19H21N5O4/c1-12-21-15(22-27-12)11-20-19(25)16-17(13-5-7-14(26-2)8-6-13)28-23-18(16)24-9-3-4-10-24/h5-8H,3-4,9-11H2,1-2H3,(H,20,25). The Balaban J connectivity index is 1.65. The number of carbonyl (C=O) groups is 1. The van der Waals surface area contributed by atoms with Crippen molar-refractivity contribution in [1.29, 1.82) is 0 Å². The first kappa shape index (κ1) is 18.0. The number of benzene rings is 1. The fraction of sp³-hybridized carbons (Fsp3) is 0.368. The zero-order valence-corrected chi connectivity index (χ0v) is 15.8. The number of ether oxygens (including phenoxy) is 1. The number of nitrogens with one attached hydrogen (secondary N) is 1. The number of nitrogens with zero attached hydrogens (tertiary/aromatic N) is 4. The van der Waals surface area contributed by atoms with Crippen LogP contribution in [0.3, 0.4) is 0 Å². The summed E-state index contributed by atoms with van der Waals surface area (Å²) >= 11 is 0. The molecule has 1 N–H and O–H groups in total. The lowest BCUT2D eigenvalue weighted by Crippen LogP contribution is -2.27. The molecule has 9 heteroatoms. The molecule has 0 atom stereocenters. The van der Waals surface area contributed by atoms with Gasteiger partial charge in [-0.15, -0.1) is 0 Å². The molecule has 1 aliphatic rings. The molecule has 0 aliphatic carbocycles. The highest BCUT2D eigenvalue weighted by Crippen LogP contribution is 2.33. The second-order valence-corrected chi connectivity index (χ2v) is 6.55. The van der Waals surface area contributed by atoms with Crippen molar-refractivity contribution < 1.29 is 18.6 Å². The Kier molecular flexibility index (Phi) is 4.96. The summed E-state index contributed by atoms with van der Waals surface area (Å²) in [6.07, 6.45) is 2.13. The summed E-state index contributed by atoms with van der Waals surface area (Å²) in [7, 11) is 1.60. The van der Waals surface area contributed by atoms with E-state index in [1.165, 1.54) is 0 Å². The van der Waals surface area contributed by atoms with E-state index in [2.05, 4.69) is 25.5 Å². The highest BCUT2D eigenvalue weighted by molar-refractivity contribution is 6.04. The van der Waals surface area contributed by atoms with Crippen molar-refractivity contribution in [3.05, 3.63) is 41.5 Å². The molecule has 0 spiro atoms. The van der Waals surface area contributed by atoms with E-state index in [0.29, 0.717) is 28.9 Å². The minimum Gasteiger partial charge on any atom is -0.497 e. The van der Waals surface area contributed by atoms with E-state index in [1.54, 1.807) is 14.0 Å². The first-order chi connectivity index (χ1) is 13.7. The number of anilines is 1. The Morgan fingerprint density at radius 1 is 1.18 bits per heavy atom. The van der Waals surface area contributed by atoms with Crippen LogP contribution in [-0.4, -0.2) is 41.4 Å². The van der Waals surface area contributed by atoms with E-state index < -0.39 is 0 Å². The summed E-state index contributed by atoms with van der Waals surface area (Å²) in [4.78, 5) is 19.2. The van der Waals surface area contributed by atoms with Crippen LogP contribution in [0.25, 0.3) is 11.3 Å². The van der Waals surface area contributed by atoms with Crippen LogP contribution in [0.15, 0.2) is 33.3 Å². The van der Waals surface area contributed by atoms with Crippen LogP contribution in [0.4, 0.5) is 5.82 Å². The van der Waals surface area contributed by atoms with E-state index in [-0.39, 0.29) is 12.5 Å². The lowest BCUT2D eigenvalue weighted by atomic mass is 10.1. The highest BCUT2D eigenvalue weighted by atomic mass is 16.5. The topological polar surface area (TPSA) is 107 Å². The van der Waals surface area contributed by atoms with Crippen LogP contribution in [0.1, 0.15) is 34.9 Å². The zero-order chi connectivity index (χ0) is 19.5. The van der Waals surface area contributed by atoms with Crippen molar-refractivity contribution in [3.63, 3.8) is 0 Å². The molecule has 1 saturated heterocycles. The number of aryl methyl sites for hydroxylation is 1. The predicted molar refractivity (Wildman–Crippen MR) is 100 cm³/mol. The molecule has 1 aromatic carbocycles. The van der Waals surface area contributed by atoms with Crippen LogP contribution in [-0.2, 0) is 6.54 Å². The molecule has 3 aromatic rings.